The van der Waals surface area contributed by atoms with Crippen LogP contribution in [0.15, 0.2) is 30.6 Å². The summed E-state index contributed by atoms with van der Waals surface area (Å²) in [6.45, 7) is 1.78. The Bertz CT molecular complexity index is 584. The molecule has 0 bridgehead atoms. The number of hydrogen-bond acceptors (Lipinski definition) is 5. The lowest BCUT2D eigenvalue weighted by atomic mass is 10.1. The molecule has 19 heavy (non-hydrogen) atoms. The van der Waals surface area contributed by atoms with E-state index in [1.165, 1.54) is 6.33 Å². The molecule has 7 nitrogen and oxygen atoms in total. The number of amides is 1. The summed E-state index contributed by atoms with van der Waals surface area (Å²) in [6, 6.07) is 7.24. The van der Waals surface area contributed by atoms with E-state index in [1.807, 2.05) is 12.1 Å². The van der Waals surface area contributed by atoms with Crippen LogP contribution >= 0.6 is 0 Å². The Hall–Kier alpha value is -2.57. The van der Waals surface area contributed by atoms with Crippen molar-refractivity contribution in [2.24, 2.45) is 0 Å². The average Bonchev–Trinajstić information content (AvgIpc) is 2.90. The van der Waals surface area contributed by atoms with Gasteiger partial charge in [0.15, 0.2) is 11.5 Å². The van der Waals surface area contributed by atoms with Crippen molar-refractivity contribution in [3.8, 4) is 11.5 Å². The van der Waals surface area contributed by atoms with Gasteiger partial charge in [0.2, 0.25) is 12.1 Å². The maximum absolute atomic E-state index is 12.1. The minimum Gasteiger partial charge on any atom is -0.482 e. The molecule has 98 valence electrons. The van der Waals surface area contributed by atoms with Crippen molar-refractivity contribution in [1.29, 1.82) is 0 Å². The first-order valence-electron chi connectivity index (χ1n) is 5.82. The van der Waals surface area contributed by atoms with Crippen molar-refractivity contribution < 1.29 is 14.3 Å². The summed E-state index contributed by atoms with van der Waals surface area (Å²) >= 11 is 0. The molecular formula is C12H12N4O3. The van der Waals surface area contributed by atoms with E-state index in [0.717, 1.165) is 0 Å². The van der Waals surface area contributed by atoms with Crippen LogP contribution in [0.4, 0.5) is 5.95 Å². The predicted octanol–water partition coefficient (Wildman–Crippen LogP) is 0.972. The van der Waals surface area contributed by atoms with Crippen LogP contribution in [0.5, 0.6) is 11.5 Å². The van der Waals surface area contributed by atoms with Gasteiger partial charge in [-0.05, 0) is 19.1 Å². The van der Waals surface area contributed by atoms with Crippen molar-refractivity contribution >= 4 is 11.9 Å². The number of benzene rings is 1. The number of carbonyl (C=O) groups is 1. The van der Waals surface area contributed by atoms with Gasteiger partial charge in [0, 0.05) is 0 Å². The van der Waals surface area contributed by atoms with Crippen molar-refractivity contribution in [1.82, 2.24) is 15.2 Å². The van der Waals surface area contributed by atoms with Gasteiger partial charge in [0.25, 0.3) is 5.91 Å². The second-order valence-corrected chi connectivity index (χ2v) is 4.13. The van der Waals surface area contributed by atoms with E-state index in [4.69, 9.17) is 9.47 Å². The number of fused-ring (bicyclic) bond motifs is 1. The van der Waals surface area contributed by atoms with Gasteiger partial charge in [-0.1, -0.05) is 12.1 Å². The Kier molecular flexibility index (Phi) is 2.79. The lowest BCUT2D eigenvalue weighted by Crippen LogP contribution is -2.46. The average molecular weight is 260 g/mol. The van der Waals surface area contributed by atoms with Gasteiger partial charge in [0.05, 0.1) is 0 Å². The number of aromatic nitrogens is 3. The third-order valence-electron chi connectivity index (χ3n) is 2.76. The number of nitrogens with one attached hydrogen (secondary N) is 2. The van der Waals surface area contributed by atoms with Crippen molar-refractivity contribution in [2.75, 3.05) is 5.32 Å². The molecule has 2 atom stereocenters. The molecule has 1 amide bonds. The molecule has 0 aliphatic carbocycles. The molecule has 0 unspecified atom stereocenters. The molecule has 3 rings (SSSR count). The van der Waals surface area contributed by atoms with Crippen LogP contribution in [-0.2, 0) is 4.79 Å². The molecule has 0 spiro atoms. The van der Waals surface area contributed by atoms with E-state index in [1.54, 1.807) is 19.1 Å². The van der Waals surface area contributed by atoms with Crippen LogP contribution in [0, 0.1) is 0 Å². The first-order chi connectivity index (χ1) is 9.24. The Morgan fingerprint density at radius 1 is 1.32 bits per heavy atom. The van der Waals surface area contributed by atoms with Gasteiger partial charge in [0.1, 0.15) is 12.4 Å². The molecule has 1 aliphatic rings. The molecule has 7 heteroatoms. The quantitative estimate of drug-likeness (QED) is 0.839. The standard InChI is InChI=1S/C12H12N4O3/c1-7-10(11(17)15-12-13-6-14-16-12)19-9-5-3-2-4-8(9)18-7/h2-7,10H,1H3,(H2,13,14,15,16,17)/t7-,10+/m0/s1. The number of para-hydroxylation sites is 2. The zero-order chi connectivity index (χ0) is 13.2. The highest BCUT2D eigenvalue weighted by Gasteiger charge is 2.34. The topological polar surface area (TPSA) is 89.1 Å². The first-order valence-corrected chi connectivity index (χ1v) is 5.82. The minimum atomic E-state index is -0.736. The van der Waals surface area contributed by atoms with Gasteiger partial charge < -0.3 is 9.47 Å². The second kappa shape index (κ2) is 4.60. The Labute approximate surface area is 108 Å². The Morgan fingerprint density at radius 3 is 2.74 bits per heavy atom. The van der Waals surface area contributed by atoms with E-state index < -0.39 is 12.2 Å². The van der Waals surface area contributed by atoms with E-state index in [9.17, 15) is 4.79 Å². The fraction of sp³-hybridized carbons (Fsp3) is 0.250. The molecule has 0 saturated carbocycles. The number of carbonyl (C=O) groups excluding carboxylic acids is 1. The number of anilines is 1. The third-order valence-corrected chi connectivity index (χ3v) is 2.76. The highest BCUT2D eigenvalue weighted by molar-refractivity contribution is 5.93. The van der Waals surface area contributed by atoms with Gasteiger partial charge in [-0.3, -0.25) is 10.1 Å². The molecule has 1 aromatic heterocycles. The monoisotopic (exact) mass is 260 g/mol. The fourth-order valence-corrected chi connectivity index (χ4v) is 1.86. The summed E-state index contributed by atoms with van der Waals surface area (Å²) in [7, 11) is 0. The van der Waals surface area contributed by atoms with Gasteiger partial charge in [-0.15, -0.1) is 0 Å². The molecule has 0 radical (unpaired) electrons. The highest BCUT2D eigenvalue weighted by Crippen LogP contribution is 2.33. The van der Waals surface area contributed by atoms with Crippen molar-refractivity contribution in [3.05, 3.63) is 30.6 Å². The van der Waals surface area contributed by atoms with Crippen LogP contribution in [0.1, 0.15) is 6.92 Å². The third kappa shape index (κ3) is 2.22. The molecule has 2 N–H and O–H groups in total. The first kappa shape index (κ1) is 11.5. The van der Waals surface area contributed by atoms with E-state index in [-0.39, 0.29) is 11.9 Å². The van der Waals surface area contributed by atoms with Gasteiger partial charge in [-0.25, -0.2) is 5.10 Å². The van der Waals surface area contributed by atoms with Gasteiger partial charge in [-0.2, -0.15) is 10.1 Å². The summed E-state index contributed by atoms with van der Waals surface area (Å²) in [5.41, 5.74) is 0. The van der Waals surface area contributed by atoms with E-state index >= 15 is 0 Å². The molecule has 2 aromatic rings. The highest BCUT2D eigenvalue weighted by atomic mass is 16.6. The normalized spacial score (nSPS) is 20.9. The fourth-order valence-electron chi connectivity index (χ4n) is 1.86. The lowest BCUT2D eigenvalue weighted by molar-refractivity contribution is -0.128. The van der Waals surface area contributed by atoms with Crippen molar-refractivity contribution in [3.63, 3.8) is 0 Å². The van der Waals surface area contributed by atoms with E-state index in [0.29, 0.717) is 11.5 Å². The number of H-pyrrole nitrogens is 1. The number of rotatable bonds is 2. The predicted molar refractivity (Wildman–Crippen MR) is 66.0 cm³/mol. The van der Waals surface area contributed by atoms with Gasteiger partial charge >= 0.3 is 0 Å². The maximum Gasteiger partial charge on any atom is 0.271 e. The van der Waals surface area contributed by atoms with Crippen LogP contribution in [-0.4, -0.2) is 33.3 Å². The largest absolute Gasteiger partial charge is 0.482 e. The Balaban J connectivity index is 1.77. The number of aromatic amines is 1. The van der Waals surface area contributed by atoms with Crippen LogP contribution in [0.3, 0.4) is 0 Å². The SMILES string of the molecule is C[C@@H]1Oc2ccccc2O[C@H]1C(=O)Nc1ncn[nH]1. The van der Waals surface area contributed by atoms with Crippen LogP contribution < -0.4 is 14.8 Å². The minimum absolute atomic E-state index is 0.277. The summed E-state index contributed by atoms with van der Waals surface area (Å²) in [5.74, 6) is 1.13. The molecule has 1 aromatic carbocycles. The molecule has 2 heterocycles. The smallest absolute Gasteiger partial charge is 0.271 e. The van der Waals surface area contributed by atoms with Crippen molar-refractivity contribution in [2.45, 2.75) is 19.1 Å². The van der Waals surface area contributed by atoms with Crippen LogP contribution in [0.25, 0.3) is 0 Å². The zero-order valence-electron chi connectivity index (χ0n) is 10.2. The Morgan fingerprint density at radius 2 is 2.05 bits per heavy atom. The molecular weight excluding hydrogens is 248 g/mol. The summed E-state index contributed by atoms with van der Waals surface area (Å²) in [4.78, 5) is 15.9. The molecule has 0 saturated heterocycles. The second-order valence-electron chi connectivity index (χ2n) is 4.13. The number of nitrogens with zero attached hydrogens (tertiary/aromatic N) is 2. The van der Waals surface area contributed by atoms with Crippen LogP contribution in [0.2, 0.25) is 0 Å². The number of hydrogen-bond donors (Lipinski definition) is 2. The lowest BCUT2D eigenvalue weighted by Gasteiger charge is -2.30. The van der Waals surface area contributed by atoms with E-state index in [2.05, 4.69) is 20.5 Å². The zero-order valence-corrected chi connectivity index (χ0v) is 10.2. The summed E-state index contributed by atoms with van der Waals surface area (Å²) in [5, 5.41) is 8.78. The molecule has 0 fully saturated rings. The molecule has 1 aliphatic heterocycles. The summed E-state index contributed by atoms with van der Waals surface area (Å²) in [6.07, 6.45) is 0.185. The summed E-state index contributed by atoms with van der Waals surface area (Å²) < 4.78 is 11.3. The number of ether oxygens (including phenoxy) is 2. The maximum atomic E-state index is 12.1.